The standard InChI is InChI=1S/C18H35NO/c1-17(2,3)16(20)15(19(7)18(4,5)6)13-14-11-9-8-10-12-14/h14-15H,8-13H2,1-7H3/t15-/m1/s1. The van der Waals surface area contributed by atoms with Gasteiger partial charge in [-0.3, -0.25) is 9.69 Å². The number of nitrogens with zero attached hydrogens (tertiary/aromatic N) is 1. The molecule has 1 aliphatic rings. The monoisotopic (exact) mass is 281 g/mol. The third-order valence-electron chi connectivity index (χ3n) is 4.85. The number of rotatable bonds is 4. The smallest absolute Gasteiger partial charge is 0.155 e. The Morgan fingerprint density at radius 2 is 1.55 bits per heavy atom. The molecule has 0 aromatic rings. The molecule has 118 valence electrons. The van der Waals surface area contributed by atoms with Crippen molar-refractivity contribution in [2.45, 2.75) is 91.6 Å². The number of hydrogen-bond donors (Lipinski definition) is 0. The lowest BCUT2D eigenvalue weighted by Crippen LogP contribution is -2.52. The first-order valence-corrected chi connectivity index (χ1v) is 8.30. The molecule has 1 saturated carbocycles. The molecule has 0 radical (unpaired) electrons. The summed E-state index contributed by atoms with van der Waals surface area (Å²) >= 11 is 0. The number of hydrogen-bond acceptors (Lipinski definition) is 2. The van der Waals surface area contributed by atoms with Crippen molar-refractivity contribution in [3.8, 4) is 0 Å². The van der Waals surface area contributed by atoms with Gasteiger partial charge in [-0.2, -0.15) is 0 Å². The molecule has 2 nitrogen and oxygen atoms in total. The van der Waals surface area contributed by atoms with Crippen LogP contribution in [0, 0.1) is 11.3 Å². The fraction of sp³-hybridized carbons (Fsp3) is 0.944. The predicted octanol–water partition coefficient (Wildman–Crippen LogP) is 4.67. The molecule has 0 aromatic carbocycles. The maximum Gasteiger partial charge on any atom is 0.155 e. The molecule has 0 aliphatic heterocycles. The van der Waals surface area contributed by atoms with Crippen molar-refractivity contribution in [2.75, 3.05) is 7.05 Å². The third kappa shape index (κ3) is 4.87. The second-order valence-electron chi connectivity index (χ2n) is 8.65. The topological polar surface area (TPSA) is 20.3 Å². The summed E-state index contributed by atoms with van der Waals surface area (Å²) < 4.78 is 0. The molecule has 1 aliphatic carbocycles. The van der Waals surface area contributed by atoms with E-state index in [1.54, 1.807) is 0 Å². The van der Waals surface area contributed by atoms with Crippen molar-refractivity contribution >= 4 is 5.78 Å². The highest BCUT2D eigenvalue weighted by molar-refractivity contribution is 5.88. The molecule has 0 amide bonds. The zero-order valence-electron chi connectivity index (χ0n) is 14.8. The van der Waals surface area contributed by atoms with Gasteiger partial charge in [-0.25, -0.2) is 0 Å². The summed E-state index contributed by atoms with van der Waals surface area (Å²) in [5.41, 5.74) is -0.209. The van der Waals surface area contributed by atoms with Gasteiger partial charge in [0.2, 0.25) is 0 Å². The van der Waals surface area contributed by atoms with E-state index in [1.165, 1.54) is 32.1 Å². The number of carbonyl (C=O) groups excluding carboxylic acids is 1. The second-order valence-corrected chi connectivity index (χ2v) is 8.65. The van der Waals surface area contributed by atoms with Gasteiger partial charge in [0.15, 0.2) is 5.78 Å². The van der Waals surface area contributed by atoms with Crippen LogP contribution in [0.5, 0.6) is 0 Å². The van der Waals surface area contributed by atoms with Gasteiger partial charge in [0.05, 0.1) is 6.04 Å². The number of likely N-dealkylation sites (N-methyl/N-ethyl adjacent to an activating group) is 1. The first-order chi connectivity index (χ1) is 9.03. The zero-order valence-corrected chi connectivity index (χ0v) is 14.8. The molecule has 0 spiro atoms. The van der Waals surface area contributed by atoms with E-state index in [-0.39, 0.29) is 17.0 Å². The van der Waals surface area contributed by atoms with E-state index in [4.69, 9.17) is 0 Å². The van der Waals surface area contributed by atoms with Crippen LogP contribution in [-0.2, 0) is 4.79 Å². The predicted molar refractivity (Wildman–Crippen MR) is 87.0 cm³/mol. The van der Waals surface area contributed by atoms with Crippen LogP contribution in [0.25, 0.3) is 0 Å². The molecule has 0 heterocycles. The molecule has 2 heteroatoms. The number of Topliss-reactive ketones (excluding diaryl/α,β-unsaturated/α-hetero) is 1. The van der Waals surface area contributed by atoms with Crippen molar-refractivity contribution in [3.05, 3.63) is 0 Å². The van der Waals surface area contributed by atoms with Gasteiger partial charge in [0.1, 0.15) is 0 Å². The quantitative estimate of drug-likeness (QED) is 0.746. The van der Waals surface area contributed by atoms with Crippen molar-refractivity contribution in [3.63, 3.8) is 0 Å². The highest BCUT2D eigenvalue weighted by Gasteiger charge is 2.37. The van der Waals surface area contributed by atoms with Gasteiger partial charge in [-0.1, -0.05) is 52.9 Å². The minimum atomic E-state index is -0.251. The van der Waals surface area contributed by atoms with Crippen LogP contribution >= 0.6 is 0 Å². The molecular formula is C18H35NO. The van der Waals surface area contributed by atoms with E-state index < -0.39 is 0 Å². The van der Waals surface area contributed by atoms with E-state index in [0.29, 0.717) is 5.78 Å². The van der Waals surface area contributed by atoms with Gasteiger partial charge in [0.25, 0.3) is 0 Å². The lowest BCUT2D eigenvalue weighted by atomic mass is 9.78. The molecule has 0 N–H and O–H groups in total. The van der Waals surface area contributed by atoms with Gasteiger partial charge in [-0.05, 0) is 40.2 Å². The highest BCUT2D eigenvalue weighted by Crippen LogP contribution is 2.33. The molecule has 0 saturated heterocycles. The van der Waals surface area contributed by atoms with Gasteiger partial charge < -0.3 is 0 Å². The maximum atomic E-state index is 12.9. The van der Waals surface area contributed by atoms with Crippen molar-refractivity contribution in [1.82, 2.24) is 4.90 Å². The summed E-state index contributed by atoms with van der Waals surface area (Å²) in [5, 5.41) is 0. The summed E-state index contributed by atoms with van der Waals surface area (Å²) in [4.78, 5) is 15.2. The zero-order chi connectivity index (χ0) is 15.6. The molecule has 20 heavy (non-hydrogen) atoms. The van der Waals surface area contributed by atoms with Crippen LogP contribution < -0.4 is 0 Å². The summed E-state index contributed by atoms with van der Waals surface area (Å²) in [6.45, 7) is 12.8. The SMILES string of the molecule is CN([C@H](CC1CCCCC1)C(=O)C(C)(C)C)C(C)(C)C. The molecular weight excluding hydrogens is 246 g/mol. The van der Waals surface area contributed by atoms with Crippen LogP contribution in [-0.4, -0.2) is 29.3 Å². The Labute approximate surface area is 126 Å². The molecule has 1 rings (SSSR count). The van der Waals surface area contributed by atoms with E-state index in [9.17, 15) is 4.79 Å². The van der Waals surface area contributed by atoms with Crippen LogP contribution in [0.15, 0.2) is 0 Å². The molecule has 0 bridgehead atoms. The Balaban J connectivity index is 2.86. The molecule has 0 aromatic heterocycles. The Bertz CT molecular complexity index is 315. The van der Waals surface area contributed by atoms with Crippen molar-refractivity contribution in [1.29, 1.82) is 0 Å². The number of carbonyl (C=O) groups is 1. The fourth-order valence-corrected chi connectivity index (χ4v) is 3.15. The van der Waals surface area contributed by atoms with E-state index in [0.717, 1.165) is 12.3 Å². The summed E-state index contributed by atoms with van der Waals surface area (Å²) in [6.07, 6.45) is 7.74. The Kier molecular flexibility index (Phi) is 5.83. The number of ketones is 1. The van der Waals surface area contributed by atoms with Crippen LogP contribution in [0.2, 0.25) is 0 Å². The lowest BCUT2D eigenvalue weighted by Gasteiger charge is -2.42. The molecule has 1 fully saturated rings. The normalized spacial score (nSPS) is 20.2. The van der Waals surface area contributed by atoms with E-state index in [1.807, 2.05) is 0 Å². The summed E-state index contributed by atoms with van der Waals surface area (Å²) in [6, 6.07) is 0.0677. The maximum absolute atomic E-state index is 12.9. The van der Waals surface area contributed by atoms with Crippen molar-refractivity contribution in [2.24, 2.45) is 11.3 Å². The molecule has 0 unspecified atom stereocenters. The van der Waals surface area contributed by atoms with Gasteiger partial charge in [0, 0.05) is 11.0 Å². The third-order valence-corrected chi connectivity index (χ3v) is 4.85. The van der Waals surface area contributed by atoms with E-state index >= 15 is 0 Å². The highest BCUT2D eigenvalue weighted by atomic mass is 16.1. The fourth-order valence-electron chi connectivity index (χ4n) is 3.15. The summed E-state index contributed by atoms with van der Waals surface area (Å²) in [7, 11) is 2.12. The largest absolute Gasteiger partial charge is 0.297 e. The van der Waals surface area contributed by atoms with Gasteiger partial charge >= 0.3 is 0 Å². The average molecular weight is 281 g/mol. The van der Waals surface area contributed by atoms with E-state index in [2.05, 4.69) is 53.5 Å². The Hall–Kier alpha value is -0.370. The van der Waals surface area contributed by atoms with Crippen LogP contribution in [0.4, 0.5) is 0 Å². The molecule has 1 atom stereocenters. The first-order valence-electron chi connectivity index (χ1n) is 8.30. The minimum absolute atomic E-state index is 0.0419. The Morgan fingerprint density at radius 3 is 1.95 bits per heavy atom. The van der Waals surface area contributed by atoms with Gasteiger partial charge in [-0.15, -0.1) is 0 Å². The van der Waals surface area contributed by atoms with Crippen LogP contribution in [0.1, 0.15) is 80.1 Å². The van der Waals surface area contributed by atoms with Crippen molar-refractivity contribution < 1.29 is 4.79 Å². The lowest BCUT2D eigenvalue weighted by molar-refractivity contribution is -0.134. The second kappa shape index (κ2) is 6.60. The Morgan fingerprint density at radius 1 is 1.05 bits per heavy atom. The average Bonchev–Trinajstić information content (AvgIpc) is 2.33. The van der Waals surface area contributed by atoms with Crippen LogP contribution in [0.3, 0.4) is 0 Å². The first kappa shape index (κ1) is 17.7. The minimum Gasteiger partial charge on any atom is -0.297 e. The summed E-state index contributed by atoms with van der Waals surface area (Å²) in [5.74, 6) is 1.14.